The van der Waals surface area contributed by atoms with Gasteiger partial charge in [-0.05, 0) is 31.9 Å². The first kappa shape index (κ1) is 18.7. The quantitative estimate of drug-likeness (QED) is 0.876. The Balaban J connectivity index is 2.23. The first-order valence-electron chi connectivity index (χ1n) is 8.15. The molecule has 134 valence electrons. The van der Waals surface area contributed by atoms with Crippen LogP contribution >= 0.6 is 0 Å². The van der Waals surface area contributed by atoms with E-state index in [1.165, 1.54) is 10.6 Å². The van der Waals surface area contributed by atoms with Gasteiger partial charge in [-0.3, -0.25) is 4.79 Å². The molecule has 0 unspecified atom stereocenters. The van der Waals surface area contributed by atoms with Crippen LogP contribution in [0.25, 0.3) is 0 Å². The van der Waals surface area contributed by atoms with Gasteiger partial charge in [0.15, 0.2) is 0 Å². The second kappa shape index (κ2) is 7.53. The molecule has 0 bridgehead atoms. The van der Waals surface area contributed by atoms with E-state index < -0.39 is 5.60 Å². The van der Waals surface area contributed by atoms with Crippen LogP contribution in [0.3, 0.4) is 0 Å². The maximum atomic E-state index is 12.8. The molecule has 1 aromatic heterocycles. The molecule has 0 radical (unpaired) electrons. The number of hydrogen-bond acceptors (Lipinski definition) is 3. The van der Waals surface area contributed by atoms with Crippen molar-refractivity contribution in [1.82, 2.24) is 9.47 Å². The van der Waals surface area contributed by atoms with Crippen LogP contribution in [0.2, 0.25) is 0 Å². The Morgan fingerprint density at radius 1 is 1.28 bits per heavy atom. The Morgan fingerprint density at radius 2 is 1.92 bits per heavy atom. The van der Waals surface area contributed by atoms with Gasteiger partial charge in [0.2, 0.25) is 0 Å². The SMILES string of the molecule is Cc1cc(=O)n(C)cc1NC(=O)N(Cc1ccccc1)CC(C)(C)O. The van der Waals surface area contributed by atoms with E-state index in [-0.39, 0.29) is 18.1 Å². The van der Waals surface area contributed by atoms with E-state index in [1.807, 2.05) is 30.3 Å². The van der Waals surface area contributed by atoms with Gasteiger partial charge in [-0.1, -0.05) is 30.3 Å². The van der Waals surface area contributed by atoms with E-state index >= 15 is 0 Å². The largest absolute Gasteiger partial charge is 0.389 e. The highest BCUT2D eigenvalue weighted by atomic mass is 16.3. The smallest absolute Gasteiger partial charge is 0.322 e. The summed E-state index contributed by atoms with van der Waals surface area (Å²) in [5.41, 5.74) is 1.08. The minimum Gasteiger partial charge on any atom is -0.389 e. The fraction of sp³-hybridized carbons (Fsp3) is 0.368. The van der Waals surface area contributed by atoms with Crippen molar-refractivity contribution in [2.45, 2.75) is 32.9 Å². The fourth-order valence-electron chi connectivity index (χ4n) is 2.52. The summed E-state index contributed by atoms with van der Waals surface area (Å²) in [7, 11) is 1.63. The first-order chi connectivity index (χ1) is 11.7. The van der Waals surface area contributed by atoms with Crippen LogP contribution in [0, 0.1) is 6.92 Å². The van der Waals surface area contributed by atoms with Crippen LogP contribution in [0.5, 0.6) is 0 Å². The maximum Gasteiger partial charge on any atom is 0.322 e. The van der Waals surface area contributed by atoms with Crippen molar-refractivity contribution in [3.05, 3.63) is 64.1 Å². The lowest BCUT2D eigenvalue weighted by molar-refractivity contribution is 0.0469. The van der Waals surface area contributed by atoms with Crippen LogP contribution in [-0.4, -0.2) is 32.8 Å². The Labute approximate surface area is 147 Å². The van der Waals surface area contributed by atoms with Crippen molar-refractivity contribution in [1.29, 1.82) is 0 Å². The molecule has 1 aromatic carbocycles. The number of carbonyl (C=O) groups excluding carboxylic acids is 1. The zero-order chi connectivity index (χ0) is 18.6. The number of aromatic nitrogens is 1. The lowest BCUT2D eigenvalue weighted by Crippen LogP contribution is -2.44. The number of pyridine rings is 1. The van der Waals surface area contributed by atoms with Gasteiger partial charge in [-0.25, -0.2) is 4.79 Å². The summed E-state index contributed by atoms with van der Waals surface area (Å²) in [5.74, 6) is 0. The molecule has 0 aliphatic carbocycles. The lowest BCUT2D eigenvalue weighted by Gasteiger charge is -2.29. The highest BCUT2D eigenvalue weighted by molar-refractivity contribution is 5.90. The number of hydrogen-bond donors (Lipinski definition) is 2. The van der Waals surface area contributed by atoms with Gasteiger partial charge in [-0.2, -0.15) is 0 Å². The zero-order valence-corrected chi connectivity index (χ0v) is 15.1. The number of amides is 2. The molecule has 2 aromatic rings. The van der Waals surface area contributed by atoms with E-state index in [0.29, 0.717) is 17.8 Å². The summed E-state index contributed by atoms with van der Waals surface area (Å²) in [6.07, 6.45) is 1.60. The molecule has 6 heteroatoms. The molecule has 0 aliphatic heterocycles. The van der Waals surface area contributed by atoms with Crippen molar-refractivity contribution in [3.8, 4) is 0 Å². The molecule has 0 spiro atoms. The average molecular weight is 343 g/mol. The Kier molecular flexibility index (Phi) is 5.64. The molecular weight excluding hydrogens is 318 g/mol. The molecule has 0 fully saturated rings. The van der Waals surface area contributed by atoms with Crippen LogP contribution in [0.1, 0.15) is 25.0 Å². The molecule has 2 N–H and O–H groups in total. The van der Waals surface area contributed by atoms with E-state index in [1.54, 1.807) is 38.9 Å². The number of anilines is 1. The van der Waals surface area contributed by atoms with Crippen molar-refractivity contribution in [3.63, 3.8) is 0 Å². The summed E-state index contributed by atoms with van der Waals surface area (Å²) < 4.78 is 1.42. The summed E-state index contributed by atoms with van der Waals surface area (Å²) in [6, 6.07) is 10.8. The number of aryl methyl sites for hydroxylation is 2. The minimum absolute atomic E-state index is 0.131. The van der Waals surface area contributed by atoms with Gasteiger partial charge in [0.1, 0.15) is 0 Å². The van der Waals surface area contributed by atoms with E-state index in [4.69, 9.17) is 0 Å². The van der Waals surface area contributed by atoms with Crippen molar-refractivity contribution in [2.75, 3.05) is 11.9 Å². The van der Waals surface area contributed by atoms with Crippen LogP contribution in [0.15, 0.2) is 47.4 Å². The van der Waals surface area contributed by atoms with Gasteiger partial charge < -0.3 is 19.9 Å². The van der Waals surface area contributed by atoms with E-state index in [2.05, 4.69) is 5.32 Å². The molecule has 25 heavy (non-hydrogen) atoms. The predicted molar refractivity (Wildman–Crippen MR) is 98.6 cm³/mol. The van der Waals surface area contributed by atoms with Gasteiger partial charge in [0.25, 0.3) is 5.56 Å². The fourth-order valence-corrected chi connectivity index (χ4v) is 2.52. The molecule has 0 saturated heterocycles. The molecule has 6 nitrogen and oxygen atoms in total. The third kappa shape index (κ3) is 5.46. The molecule has 1 heterocycles. The van der Waals surface area contributed by atoms with Gasteiger partial charge in [0.05, 0.1) is 17.8 Å². The number of carbonyl (C=O) groups is 1. The number of nitrogens with one attached hydrogen (secondary N) is 1. The average Bonchev–Trinajstić information content (AvgIpc) is 2.51. The molecule has 0 atom stereocenters. The number of benzene rings is 1. The monoisotopic (exact) mass is 343 g/mol. The number of rotatable bonds is 5. The van der Waals surface area contributed by atoms with Crippen LogP contribution in [0.4, 0.5) is 10.5 Å². The standard InChI is InChI=1S/C19H25N3O3/c1-14-10-17(23)21(4)12-16(14)20-18(24)22(13-19(2,3)25)11-15-8-6-5-7-9-15/h5-10,12,25H,11,13H2,1-4H3,(H,20,24). The molecule has 0 aliphatic rings. The van der Waals surface area contributed by atoms with Crippen LogP contribution in [-0.2, 0) is 13.6 Å². The van der Waals surface area contributed by atoms with E-state index in [9.17, 15) is 14.7 Å². The third-order valence-electron chi connectivity index (χ3n) is 3.76. The Hall–Kier alpha value is -2.60. The second-order valence-corrected chi connectivity index (χ2v) is 6.90. The van der Waals surface area contributed by atoms with Crippen molar-refractivity contribution in [2.24, 2.45) is 7.05 Å². The van der Waals surface area contributed by atoms with Gasteiger partial charge >= 0.3 is 6.03 Å². The molecular formula is C19H25N3O3. The summed E-state index contributed by atoms with van der Waals surface area (Å²) >= 11 is 0. The predicted octanol–water partition coefficient (Wildman–Crippen LogP) is 2.50. The maximum absolute atomic E-state index is 12.8. The second-order valence-electron chi connectivity index (χ2n) is 6.90. The zero-order valence-electron chi connectivity index (χ0n) is 15.1. The summed E-state index contributed by atoms with van der Waals surface area (Å²) in [6.45, 7) is 5.65. The van der Waals surface area contributed by atoms with E-state index in [0.717, 1.165) is 5.56 Å². The Bertz CT molecular complexity index is 792. The number of aliphatic hydroxyl groups is 1. The first-order valence-corrected chi connectivity index (χ1v) is 8.15. The Morgan fingerprint density at radius 3 is 2.52 bits per heavy atom. The summed E-state index contributed by atoms with van der Waals surface area (Å²) in [5, 5.41) is 13.0. The summed E-state index contributed by atoms with van der Waals surface area (Å²) in [4.78, 5) is 26.0. The number of nitrogens with zero attached hydrogens (tertiary/aromatic N) is 2. The molecule has 0 saturated carbocycles. The molecule has 2 amide bonds. The number of urea groups is 1. The van der Waals surface area contributed by atoms with Gasteiger partial charge in [0, 0.05) is 25.9 Å². The highest BCUT2D eigenvalue weighted by Crippen LogP contribution is 2.15. The minimum atomic E-state index is -1.02. The topological polar surface area (TPSA) is 74.6 Å². The van der Waals surface area contributed by atoms with Gasteiger partial charge in [-0.15, -0.1) is 0 Å². The normalized spacial score (nSPS) is 11.2. The highest BCUT2D eigenvalue weighted by Gasteiger charge is 2.23. The van der Waals surface area contributed by atoms with Crippen LogP contribution < -0.4 is 10.9 Å². The third-order valence-corrected chi connectivity index (χ3v) is 3.76. The lowest BCUT2D eigenvalue weighted by atomic mass is 10.1. The molecule has 2 rings (SSSR count). The van der Waals surface area contributed by atoms with Crippen molar-refractivity contribution >= 4 is 11.7 Å². The van der Waals surface area contributed by atoms with Crippen molar-refractivity contribution < 1.29 is 9.90 Å².